The molecule has 1 heterocycles. The molecule has 31 heavy (non-hydrogen) atoms. The molecule has 0 radical (unpaired) electrons. The number of halogens is 1. The van der Waals surface area contributed by atoms with Gasteiger partial charge in [0.1, 0.15) is 5.75 Å². The summed E-state index contributed by atoms with van der Waals surface area (Å²) in [6, 6.07) is 10.8. The number of imide groups is 1. The Morgan fingerprint density at radius 2 is 1.58 bits per heavy atom. The fourth-order valence-corrected chi connectivity index (χ4v) is 5.94. The molecule has 7 heteroatoms. The van der Waals surface area contributed by atoms with Gasteiger partial charge in [-0.15, -0.1) is 0 Å². The van der Waals surface area contributed by atoms with Gasteiger partial charge in [-0.1, -0.05) is 23.8 Å². The Hall–Kier alpha value is -3.12. The summed E-state index contributed by atoms with van der Waals surface area (Å²) in [5.74, 6) is 0.188. The molecule has 2 aromatic rings. The second-order valence-corrected chi connectivity index (χ2v) is 9.27. The predicted octanol–water partition coefficient (Wildman–Crippen LogP) is 3.86. The maximum atomic E-state index is 13.2. The number of amides is 3. The summed E-state index contributed by atoms with van der Waals surface area (Å²) in [6.07, 6.45) is 5.42. The van der Waals surface area contributed by atoms with Crippen LogP contribution in [0, 0.1) is 35.5 Å². The van der Waals surface area contributed by atoms with Crippen LogP contribution in [0.25, 0.3) is 0 Å². The summed E-state index contributed by atoms with van der Waals surface area (Å²) in [5, 5.41) is 12.9. The number of phenols is 1. The quantitative estimate of drug-likeness (QED) is 0.436. The number of carbonyl (C=O) groups excluding carboxylic acids is 3. The molecule has 2 N–H and O–H groups in total. The zero-order valence-corrected chi connectivity index (χ0v) is 17.1. The molecule has 0 spiro atoms. The second-order valence-electron chi connectivity index (χ2n) is 8.83. The Labute approximate surface area is 183 Å². The van der Waals surface area contributed by atoms with Crippen LogP contribution in [-0.4, -0.2) is 22.8 Å². The Kier molecular flexibility index (Phi) is 3.87. The lowest BCUT2D eigenvalue weighted by Crippen LogP contribution is -2.40. The van der Waals surface area contributed by atoms with E-state index in [9.17, 15) is 19.5 Å². The SMILES string of the molecule is O=C(Nc1ccc(Cl)cc1O)c1ccc(N2C(=O)[C@@H]3[C@H]4C=C[C@@H]([C@@H]5C[C@H]45)[C@@H]3C2=O)cc1. The Bertz CT molecular complexity index is 1140. The molecule has 6 atom stereocenters. The monoisotopic (exact) mass is 434 g/mol. The second kappa shape index (κ2) is 6.44. The van der Waals surface area contributed by atoms with Crippen LogP contribution in [0.15, 0.2) is 54.6 Å². The topological polar surface area (TPSA) is 86.7 Å². The average molecular weight is 435 g/mol. The maximum absolute atomic E-state index is 13.2. The van der Waals surface area contributed by atoms with Gasteiger partial charge < -0.3 is 10.4 Å². The number of benzene rings is 2. The van der Waals surface area contributed by atoms with E-state index >= 15 is 0 Å². The van der Waals surface area contributed by atoms with Crippen molar-refractivity contribution in [3.63, 3.8) is 0 Å². The van der Waals surface area contributed by atoms with Crippen molar-refractivity contribution in [2.24, 2.45) is 35.5 Å². The van der Waals surface area contributed by atoms with Gasteiger partial charge in [0.2, 0.25) is 11.8 Å². The number of nitrogens with zero attached hydrogens (tertiary/aromatic N) is 1. The van der Waals surface area contributed by atoms with Crippen LogP contribution >= 0.6 is 11.6 Å². The van der Waals surface area contributed by atoms with E-state index in [1.165, 1.54) is 17.0 Å². The number of hydrogen-bond acceptors (Lipinski definition) is 4. The molecule has 2 saturated carbocycles. The number of aromatic hydroxyl groups is 1. The highest BCUT2D eigenvalue weighted by Gasteiger charge is 2.67. The number of allylic oxidation sites excluding steroid dienone is 2. The molecule has 1 aliphatic heterocycles. The molecule has 7 rings (SSSR count). The van der Waals surface area contributed by atoms with Crippen LogP contribution in [0.5, 0.6) is 5.75 Å². The van der Waals surface area contributed by atoms with Gasteiger partial charge in [-0.3, -0.25) is 19.3 Å². The third-order valence-electron chi connectivity index (χ3n) is 7.26. The summed E-state index contributed by atoms with van der Waals surface area (Å²) < 4.78 is 0. The van der Waals surface area contributed by atoms with Crippen molar-refractivity contribution in [3.8, 4) is 5.75 Å². The first-order chi connectivity index (χ1) is 14.9. The highest BCUT2D eigenvalue weighted by Crippen LogP contribution is 2.65. The first kappa shape index (κ1) is 18.6. The highest BCUT2D eigenvalue weighted by atomic mass is 35.5. The number of hydrogen-bond donors (Lipinski definition) is 2. The molecule has 3 amide bonds. The maximum Gasteiger partial charge on any atom is 0.255 e. The van der Waals surface area contributed by atoms with Crippen LogP contribution in [0.4, 0.5) is 11.4 Å². The van der Waals surface area contributed by atoms with E-state index in [1.54, 1.807) is 30.3 Å². The normalized spacial score (nSPS) is 32.1. The minimum Gasteiger partial charge on any atom is -0.506 e. The van der Waals surface area contributed by atoms with Gasteiger partial charge >= 0.3 is 0 Å². The van der Waals surface area contributed by atoms with Crippen molar-refractivity contribution in [2.45, 2.75) is 6.42 Å². The summed E-state index contributed by atoms with van der Waals surface area (Å²) in [4.78, 5) is 40.2. The highest BCUT2D eigenvalue weighted by molar-refractivity contribution is 6.30. The fraction of sp³-hybridized carbons (Fsp3) is 0.292. The predicted molar refractivity (Wildman–Crippen MR) is 115 cm³/mol. The van der Waals surface area contributed by atoms with E-state index in [0.29, 0.717) is 28.1 Å². The number of carbonyl (C=O) groups is 3. The molecule has 2 aromatic carbocycles. The Morgan fingerprint density at radius 3 is 2.16 bits per heavy atom. The Balaban J connectivity index is 1.23. The van der Waals surface area contributed by atoms with E-state index in [0.717, 1.165) is 6.42 Å². The Morgan fingerprint density at radius 1 is 0.968 bits per heavy atom. The van der Waals surface area contributed by atoms with Gasteiger partial charge in [-0.25, -0.2) is 0 Å². The molecule has 4 aliphatic carbocycles. The molecule has 3 fully saturated rings. The lowest BCUT2D eigenvalue weighted by molar-refractivity contribution is -0.124. The average Bonchev–Trinajstić information content (AvgIpc) is 3.54. The summed E-state index contributed by atoms with van der Waals surface area (Å²) >= 11 is 5.81. The largest absolute Gasteiger partial charge is 0.506 e. The third-order valence-corrected chi connectivity index (χ3v) is 7.49. The lowest BCUT2D eigenvalue weighted by Gasteiger charge is -2.37. The van der Waals surface area contributed by atoms with E-state index in [4.69, 9.17) is 11.6 Å². The van der Waals surface area contributed by atoms with Crippen LogP contribution in [0.2, 0.25) is 5.02 Å². The van der Waals surface area contributed by atoms with Crippen molar-refractivity contribution < 1.29 is 19.5 Å². The summed E-state index contributed by atoms with van der Waals surface area (Å²) in [5.41, 5.74) is 1.08. The molecule has 0 unspecified atom stereocenters. The molecule has 0 aromatic heterocycles. The molecule has 1 saturated heterocycles. The minimum atomic E-state index is -0.417. The van der Waals surface area contributed by atoms with Gasteiger partial charge in [0.05, 0.1) is 23.2 Å². The minimum absolute atomic E-state index is 0.122. The first-order valence-corrected chi connectivity index (χ1v) is 10.8. The number of nitrogens with one attached hydrogen (secondary N) is 1. The molecular weight excluding hydrogens is 416 g/mol. The van der Waals surface area contributed by atoms with E-state index in [2.05, 4.69) is 17.5 Å². The van der Waals surface area contributed by atoms with Gasteiger partial charge in [-0.2, -0.15) is 0 Å². The smallest absolute Gasteiger partial charge is 0.255 e. The van der Waals surface area contributed by atoms with Gasteiger partial charge in [0.15, 0.2) is 0 Å². The van der Waals surface area contributed by atoms with Gasteiger partial charge in [0.25, 0.3) is 5.91 Å². The molecule has 6 nitrogen and oxygen atoms in total. The zero-order valence-electron chi connectivity index (χ0n) is 16.4. The van der Waals surface area contributed by atoms with E-state index < -0.39 is 5.91 Å². The lowest BCUT2D eigenvalue weighted by atomic mass is 9.63. The van der Waals surface area contributed by atoms with Crippen LogP contribution in [-0.2, 0) is 9.59 Å². The molecular formula is C24H19ClN2O4. The van der Waals surface area contributed by atoms with Crippen molar-refractivity contribution in [1.82, 2.24) is 0 Å². The fourth-order valence-electron chi connectivity index (χ4n) is 5.78. The van der Waals surface area contributed by atoms with Crippen molar-refractivity contribution in [1.29, 1.82) is 0 Å². The number of phenolic OH excluding ortho intramolecular Hbond substituents is 1. The third kappa shape index (κ3) is 2.67. The first-order valence-electron chi connectivity index (χ1n) is 10.4. The van der Waals surface area contributed by atoms with E-state index in [-0.39, 0.29) is 46.9 Å². The summed E-state index contributed by atoms with van der Waals surface area (Å²) in [7, 11) is 0. The van der Waals surface area contributed by atoms with Gasteiger partial charge in [-0.05, 0) is 66.5 Å². The molecule has 2 bridgehead atoms. The van der Waals surface area contributed by atoms with Crippen molar-refractivity contribution in [3.05, 3.63) is 65.2 Å². The van der Waals surface area contributed by atoms with Crippen molar-refractivity contribution >= 4 is 40.7 Å². The number of anilines is 2. The molecule has 5 aliphatic rings. The summed E-state index contributed by atoms with van der Waals surface area (Å²) in [6.45, 7) is 0. The van der Waals surface area contributed by atoms with Gasteiger partial charge in [0, 0.05) is 16.7 Å². The molecule has 156 valence electrons. The van der Waals surface area contributed by atoms with Crippen LogP contribution < -0.4 is 10.2 Å². The van der Waals surface area contributed by atoms with Crippen molar-refractivity contribution in [2.75, 3.05) is 10.2 Å². The van der Waals surface area contributed by atoms with E-state index in [1.807, 2.05) is 0 Å². The standard InChI is InChI=1S/C24H19ClN2O4/c25-12-3-8-18(19(28)9-12)26-22(29)11-1-4-13(5-2-11)27-23(30)20-14-6-7-15(17-10-16(14)17)21(20)24(27)31/h1-9,14-17,20-21,28H,10H2,(H,26,29)/t14-,15-,16-,17+,20-,21+/m0/s1. The van der Waals surface area contributed by atoms with Crippen LogP contribution in [0.3, 0.4) is 0 Å². The number of rotatable bonds is 3. The zero-order chi connectivity index (χ0) is 21.4. The van der Waals surface area contributed by atoms with Crippen LogP contribution in [0.1, 0.15) is 16.8 Å².